The summed E-state index contributed by atoms with van der Waals surface area (Å²) < 4.78 is 5.82. The zero-order valence-electron chi connectivity index (χ0n) is 12.6. The highest BCUT2D eigenvalue weighted by molar-refractivity contribution is 5.07. The Labute approximate surface area is 117 Å². The Hall–Kier alpha value is -1.06. The maximum absolute atomic E-state index is 5.82. The molecule has 0 radical (unpaired) electrons. The number of hydrogen-bond donors (Lipinski definition) is 1. The van der Waals surface area contributed by atoms with Crippen LogP contribution in [0.5, 0.6) is 0 Å². The van der Waals surface area contributed by atoms with Gasteiger partial charge in [0.25, 0.3) is 0 Å². The van der Waals surface area contributed by atoms with Crippen LogP contribution in [0, 0.1) is 5.92 Å². The minimum atomic E-state index is 0.672. The van der Waals surface area contributed by atoms with Crippen LogP contribution < -0.4 is 5.32 Å². The molecule has 0 spiro atoms. The summed E-state index contributed by atoms with van der Waals surface area (Å²) in [5, 5.41) is 3.39. The zero-order valence-corrected chi connectivity index (χ0v) is 12.6. The highest BCUT2D eigenvalue weighted by atomic mass is 16.3. The number of furan rings is 1. The highest BCUT2D eigenvalue weighted by Crippen LogP contribution is 2.10. The lowest BCUT2D eigenvalue weighted by atomic mass is 10.2. The fourth-order valence-electron chi connectivity index (χ4n) is 1.94. The van der Waals surface area contributed by atoms with Gasteiger partial charge in [-0.1, -0.05) is 19.9 Å². The van der Waals surface area contributed by atoms with Crippen LogP contribution in [0.15, 0.2) is 29.2 Å². The average molecular weight is 264 g/mol. The van der Waals surface area contributed by atoms with Crippen molar-refractivity contribution < 1.29 is 4.42 Å². The first-order valence-corrected chi connectivity index (χ1v) is 7.19. The Balaban J connectivity index is 2.27. The van der Waals surface area contributed by atoms with Crippen molar-refractivity contribution in [2.75, 3.05) is 20.1 Å². The smallest absolute Gasteiger partial charge is 0.118 e. The second-order valence-corrected chi connectivity index (χ2v) is 5.56. The van der Waals surface area contributed by atoms with Gasteiger partial charge in [0.15, 0.2) is 0 Å². The molecule has 0 aromatic carbocycles. The Kier molecular flexibility index (Phi) is 7.53. The first-order valence-electron chi connectivity index (χ1n) is 7.19. The standard InChI is InChI=1S/C16H28N2O/c1-5-6-7-10-18(4)13-16-9-8-15(19-16)12-17-11-14(2)3/h5,8-9,14,17H,1,6-7,10-13H2,2-4H3. The molecule has 0 aliphatic carbocycles. The van der Waals surface area contributed by atoms with Gasteiger partial charge in [-0.05, 0) is 51.0 Å². The van der Waals surface area contributed by atoms with Gasteiger partial charge in [0.2, 0.25) is 0 Å². The van der Waals surface area contributed by atoms with Gasteiger partial charge in [0, 0.05) is 0 Å². The van der Waals surface area contributed by atoms with Gasteiger partial charge in [-0.3, -0.25) is 4.90 Å². The largest absolute Gasteiger partial charge is 0.463 e. The van der Waals surface area contributed by atoms with E-state index in [-0.39, 0.29) is 0 Å². The number of nitrogens with zero attached hydrogens (tertiary/aromatic N) is 1. The SMILES string of the molecule is C=CCCCN(C)Cc1ccc(CNCC(C)C)o1. The molecule has 108 valence electrons. The molecular formula is C16H28N2O. The maximum atomic E-state index is 5.82. The molecule has 0 aliphatic heterocycles. The second-order valence-electron chi connectivity index (χ2n) is 5.56. The number of unbranched alkanes of at least 4 members (excludes halogenated alkanes) is 1. The molecule has 0 unspecified atom stereocenters. The average Bonchev–Trinajstić information content (AvgIpc) is 2.76. The summed E-state index contributed by atoms with van der Waals surface area (Å²) in [6.45, 7) is 12.0. The van der Waals surface area contributed by atoms with Crippen molar-refractivity contribution in [2.24, 2.45) is 5.92 Å². The molecule has 1 N–H and O–H groups in total. The Morgan fingerprint density at radius 3 is 2.79 bits per heavy atom. The molecule has 3 heteroatoms. The first kappa shape index (κ1) is 16.0. The van der Waals surface area contributed by atoms with E-state index in [1.807, 2.05) is 6.08 Å². The lowest BCUT2D eigenvalue weighted by molar-refractivity contribution is 0.287. The van der Waals surface area contributed by atoms with Crippen LogP contribution in [-0.4, -0.2) is 25.0 Å². The predicted octanol–water partition coefficient (Wildman–Crippen LogP) is 3.42. The lowest BCUT2D eigenvalue weighted by Crippen LogP contribution is -2.19. The zero-order chi connectivity index (χ0) is 14.1. The summed E-state index contributed by atoms with van der Waals surface area (Å²) >= 11 is 0. The van der Waals surface area contributed by atoms with E-state index in [1.165, 1.54) is 0 Å². The van der Waals surface area contributed by atoms with Crippen LogP contribution >= 0.6 is 0 Å². The quantitative estimate of drug-likeness (QED) is 0.518. The molecule has 0 atom stereocenters. The molecule has 3 nitrogen and oxygen atoms in total. The minimum Gasteiger partial charge on any atom is -0.463 e. The molecule has 0 fully saturated rings. The van der Waals surface area contributed by atoms with Gasteiger partial charge in [-0.25, -0.2) is 0 Å². The topological polar surface area (TPSA) is 28.4 Å². The van der Waals surface area contributed by atoms with E-state index in [4.69, 9.17) is 4.42 Å². The van der Waals surface area contributed by atoms with Gasteiger partial charge < -0.3 is 9.73 Å². The number of hydrogen-bond acceptors (Lipinski definition) is 3. The van der Waals surface area contributed by atoms with Crippen molar-refractivity contribution >= 4 is 0 Å². The normalized spacial score (nSPS) is 11.4. The highest BCUT2D eigenvalue weighted by Gasteiger charge is 2.05. The van der Waals surface area contributed by atoms with Crippen LogP contribution in [0.2, 0.25) is 0 Å². The summed E-state index contributed by atoms with van der Waals surface area (Å²) in [5.41, 5.74) is 0. The number of nitrogens with one attached hydrogen (secondary N) is 1. The summed E-state index contributed by atoms with van der Waals surface area (Å²) in [6.07, 6.45) is 4.20. The summed E-state index contributed by atoms with van der Waals surface area (Å²) in [4.78, 5) is 2.29. The molecule has 1 aromatic heterocycles. The van der Waals surface area contributed by atoms with Crippen molar-refractivity contribution in [3.63, 3.8) is 0 Å². The summed E-state index contributed by atoms with van der Waals surface area (Å²) in [6, 6.07) is 4.15. The van der Waals surface area contributed by atoms with Crippen LogP contribution in [0.4, 0.5) is 0 Å². The lowest BCUT2D eigenvalue weighted by Gasteiger charge is -2.14. The fraction of sp³-hybridized carbons (Fsp3) is 0.625. The van der Waals surface area contributed by atoms with Gasteiger partial charge in [-0.15, -0.1) is 6.58 Å². The van der Waals surface area contributed by atoms with E-state index in [1.54, 1.807) is 0 Å². The van der Waals surface area contributed by atoms with Crippen LogP contribution in [0.3, 0.4) is 0 Å². The molecular weight excluding hydrogens is 236 g/mol. The van der Waals surface area contributed by atoms with Crippen molar-refractivity contribution in [1.82, 2.24) is 10.2 Å². The van der Waals surface area contributed by atoms with Crippen molar-refractivity contribution in [3.05, 3.63) is 36.3 Å². The molecule has 0 bridgehead atoms. The van der Waals surface area contributed by atoms with Gasteiger partial charge in [0.1, 0.15) is 11.5 Å². The van der Waals surface area contributed by atoms with Crippen LogP contribution in [0.25, 0.3) is 0 Å². The van der Waals surface area contributed by atoms with E-state index in [2.05, 4.69) is 49.8 Å². The van der Waals surface area contributed by atoms with E-state index in [0.717, 1.165) is 50.5 Å². The molecule has 1 rings (SSSR count). The third-order valence-corrected chi connectivity index (χ3v) is 2.94. The minimum absolute atomic E-state index is 0.672. The van der Waals surface area contributed by atoms with E-state index in [9.17, 15) is 0 Å². The molecule has 19 heavy (non-hydrogen) atoms. The Bertz CT molecular complexity index is 357. The third-order valence-electron chi connectivity index (χ3n) is 2.94. The van der Waals surface area contributed by atoms with Crippen molar-refractivity contribution in [1.29, 1.82) is 0 Å². The number of allylic oxidation sites excluding steroid dienone is 1. The van der Waals surface area contributed by atoms with E-state index in [0.29, 0.717) is 5.92 Å². The summed E-state index contributed by atoms with van der Waals surface area (Å²) in [5.74, 6) is 2.74. The molecule has 1 heterocycles. The Morgan fingerprint density at radius 1 is 1.37 bits per heavy atom. The monoisotopic (exact) mass is 264 g/mol. The second kappa shape index (κ2) is 8.94. The van der Waals surface area contributed by atoms with Crippen LogP contribution in [0.1, 0.15) is 38.2 Å². The molecule has 0 saturated carbocycles. The maximum Gasteiger partial charge on any atom is 0.118 e. The van der Waals surface area contributed by atoms with Gasteiger partial charge >= 0.3 is 0 Å². The molecule has 0 aliphatic rings. The molecule has 0 amide bonds. The third kappa shape index (κ3) is 7.19. The fourth-order valence-corrected chi connectivity index (χ4v) is 1.94. The van der Waals surface area contributed by atoms with Crippen molar-refractivity contribution in [3.8, 4) is 0 Å². The molecule has 0 saturated heterocycles. The molecule has 1 aromatic rings. The van der Waals surface area contributed by atoms with Gasteiger partial charge in [0.05, 0.1) is 13.1 Å². The predicted molar refractivity (Wildman–Crippen MR) is 81.0 cm³/mol. The van der Waals surface area contributed by atoms with E-state index < -0.39 is 0 Å². The first-order chi connectivity index (χ1) is 9.11. The van der Waals surface area contributed by atoms with E-state index >= 15 is 0 Å². The van der Waals surface area contributed by atoms with Crippen LogP contribution in [-0.2, 0) is 13.1 Å². The Morgan fingerprint density at radius 2 is 2.11 bits per heavy atom. The summed E-state index contributed by atoms with van der Waals surface area (Å²) in [7, 11) is 2.13. The van der Waals surface area contributed by atoms with Crippen molar-refractivity contribution in [2.45, 2.75) is 39.8 Å². The van der Waals surface area contributed by atoms with Gasteiger partial charge in [-0.2, -0.15) is 0 Å². The number of rotatable bonds is 10.